The lowest BCUT2D eigenvalue weighted by atomic mass is 10.3. The highest BCUT2D eigenvalue weighted by Crippen LogP contribution is 2.19. The molecule has 0 atom stereocenters. The van der Waals surface area contributed by atoms with Crippen LogP contribution in [0.2, 0.25) is 0 Å². The van der Waals surface area contributed by atoms with E-state index in [0.29, 0.717) is 13.1 Å². The number of halogens is 1. The second-order valence-corrected chi connectivity index (χ2v) is 7.14. The van der Waals surface area contributed by atoms with Gasteiger partial charge in [0.25, 0.3) is 0 Å². The number of furan rings is 1. The molecule has 0 bridgehead atoms. The Balaban J connectivity index is 1.67. The number of rotatable bonds is 7. The van der Waals surface area contributed by atoms with Gasteiger partial charge in [-0.25, -0.2) is 4.39 Å². The average Bonchev–Trinajstić information content (AvgIpc) is 3.21. The molecular weight excluding hydrogens is 339 g/mol. The van der Waals surface area contributed by atoms with Crippen molar-refractivity contribution in [3.63, 3.8) is 0 Å². The van der Waals surface area contributed by atoms with Gasteiger partial charge in [0, 0.05) is 16.3 Å². The molecule has 130 valence electrons. The summed E-state index contributed by atoms with van der Waals surface area (Å²) in [7, 11) is 0. The lowest BCUT2D eigenvalue weighted by Gasteiger charge is -2.20. The molecule has 0 spiro atoms. The van der Waals surface area contributed by atoms with Crippen molar-refractivity contribution in [2.45, 2.75) is 20.0 Å². The summed E-state index contributed by atoms with van der Waals surface area (Å²) in [5, 5.41) is 2.63. The summed E-state index contributed by atoms with van der Waals surface area (Å²) in [5.41, 5.74) is 0.192. The van der Waals surface area contributed by atoms with Gasteiger partial charge < -0.3 is 9.73 Å². The van der Waals surface area contributed by atoms with Crippen LogP contribution in [0, 0.1) is 12.7 Å². The Bertz CT molecular complexity index is 830. The molecule has 0 unspecified atom stereocenters. The van der Waals surface area contributed by atoms with Crippen molar-refractivity contribution in [2.24, 2.45) is 0 Å². The average molecular weight is 358 g/mol. The van der Waals surface area contributed by atoms with E-state index in [4.69, 9.17) is 4.42 Å². The quantitative estimate of drug-likeness (QED) is 0.680. The van der Waals surface area contributed by atoms with Crippen molar-refractivity contribution in [1.82, 2.24) is 4.90 Å². The summed E-state index contributed by atoms with van der Waals surface area (Å²) in [5.74, 6) is 0.0826. The van der Waals surface area contributed by atoms with Crippen molar-refractivity contribution >= 4 is 22.9 Å². The summed E-state index contributed by atoms with van der Waals surface area (Å²) in [4.78, 5) is 16.7. The first-order valence-corrected chi connectivity index (χ1v) is 8.76. The van der Waals surface area contributed by atoms with Crippen LogP contribution in [0.5, 0.6) is 0 Å². The zero-order chi connectivity index (χ0) is 17.6. The highest BCUT2D eigenvalue weighted by atomic mass is 32.1. The molecule has 0 saturated carbocycles. The molecule has 0 saturated heterocycles. The van der Waals surface area contributed by atoms with Crippen molar-refractivity contribution < 1.29 is 13.6 Å². The number of para-hydroxylation sites is 1. The Morgan fingerprint density at radius 3 is 2.68 bits per heavy atom. The molecule has 0 aliphatic carbocycles. The highest BCUT2D eigenvalue weighted by Gasteiger charge is 2.15. The lowest BCUT2D eigenvalue weighted by molar-refractivity contribution is -0.117. The van der Waals surface area contributed by atoms with Crippen LogP contribution in [0.1, 0.15) is 15.5 Å². The maximum atomic E-state index is 13.7. The number of hydrogen-bond donors (Lipinski definition) is 1. The molecule has 1 N–H and O–H groups in total. The van der Waals surface area contributed by atoms with Crippen LogP contribution in [-0.2, 0) is 17.9 Å². The topological polar surface area (TPSA) is 45.5 Å². The van der Waals surface area contributed by atoms with E-state index in [1.54, 1.807) is 35.8 Å². The smallest absolute Gasteiger partial charge is 0.238 e. The van der Waals surface area contributed by atoms with Crippen LogP contribution in [-0.4, -0.2) is 17.4 Å². The number of aryl methyl sites for hydroxylation is 1. The zero-order valence-corrected chi connectivity index (χ0v) is 14.7. The number of carbonyl (C=O) groups is 1. The number of benzene rings is 1. The van der Waals surface area contributed by atoms with Gasteiger partial charge in [-0.05, 0) is 43.3 Å². The Kier molecular flexibility index (Phi) is 5.63. The first-order valence-electron chi connectivity index (χ1n) is 7.94. The summed E-state index contributed by atoms with van der Waals surface area (Å²) < 4.78 is 19.1. The molecule has 0 radical (unpaired) electrons. The van der Waals surface area contributed by atoms with Gasteiger partial charge in [-0.3, -0.25) is 9.69 Å². The molecule has 1 amide bonds. The van der Waals surface area contributed by atoms with Crippen LogP contribution >= 0.6 is 11.3 Å². The maximum absolute atomic E-state index is 13.7. The van der Waals surface area contributed by atoms with Gasteiger partial charge in [0.15, 0.2) is 0 Å². The summed E-state index contributed by atoms with van der Waals surface area (Å²) in [6.07, 6.45) is 1.61. The molecular formula is C19H19FN2O2S. The minimum Gasteiger partial charge on any atom is -0.468 e. The van der Waals surface area contributed by atoms with Gasteiger partial charge in [-0.2, -0.15) is 0 Å². The molecule has 3 aromatic rings. The van der Waals surface area contributed by atoms with Gasteiger partial charge in [0.1, 0.15) is 11.6 Å². The van der Waals surface area contributed by atoms with E-state index in [1.165, 1.54) is 15.8 Å². The summed E-state index contributed by atoms with van der Waals surface area (Å²) in [6, 6.07) is 14.0. The Morgan fingerprint density at radius 2 is 2.00 bits per heavy atom. The number of carbonyl (C=O) groups excluding carboxylic acids is 1. The van der Waals surface area contributed by atoms with E-state index < -0.39 is 5.82 Å². The molecule has 0 aliphatic rings. The van der Waals surface area contributed by atoms with Crippen molar-refractivity contribution in [2.75, 3.05) is 11.9 Å². The Labute approximate surface area is 149 Å². The first kappa shape index (κ1) is 17.4. The minimum absolute atomic E-state index is 0.145. The van der Waals surface area contributed by atoms with Gasteiger partial charge in [-0.1, -0.05) is 12.1 Å². The summed E-state index contributed by atoms with van der Waals surface area (Å²) in [6.45, 7) is 3.33. The van der Waals surface area contributed by atoms with E-state index in [0.717, 1.165) is 5.76 Å². The van der Waals surface area contributed by atoms with E-state index >= 15 is 0 Å². The zero-order valence-electron chi connectivity index (χ0n) is 13.9. The van der Waals surface area contributed by atoms with Crippen LogP contribution in [0.25, 0.3) is 0 Å². The summed E-state index contributed by atoms with van der Waals surface area (Å²) >= 11 is 1.70. The largest absolute Gasteiger partial charge is 0.468 e. The van der Waals surface area contributed by atoms with Gasteiger partial charge in [0.2, 0.25) is 5.91 Å². The Morgan fingerprint density at radius 1 is 1.16 bits per heavy atom. The molecule has 2 heterocycles. The Hall–Kier alpha value is -2.44. The third-order valence-electron chi connectivity index (χ3n) is 3.65. The standard InChI is InChI=1S/C19H19FN2O2S/c1-14-8-9-16(25-14)12-22(11-15-5-4-10-24-15)13-19(23)21-18-7-3-2-6-17(18)20/h2-10H,11-13H2,1H3,(H,21,23). The fourth-order valence-corrected chi connectivity index (χ4v) is 3.47. The third kappa shape index (κ3) is 5.01. The number of thiophene rings is 1. The number of anilines is 1. The number of hydrogen-bond acceptors (Lipinski definition) is 4. The van der Waals surface area contributed by atoms with Crippen LogP contribution in [0.4, 0.5) is 10.1 Å². The SMILES string of the molecule is Cc1ccc(CN(CC(=O)Nc2ccccc2F)Cc2ccco2)s1. The minimum atomic E-state index is -0.442. The predicted molar refractivity (Wildman–Crippen MR) is 96.9 cm³/mol. The molecule has 3 rings (SSSR count). The molecule has 0 aliphatic heterocycles. The van der Waals surface area contributed by atoms with Crippen LogP contribution in [0.15, 0.2) is 59.2 Å². The normalized spacial score (nSPS) is 11.0. The van der Waals surface area contributed by atoms with Crippen LogP contribution in [0.3, 0.4) is 0 Å². The van der Waals surface area contributed by atoms with Crippen molar-refractivity contribution in [3.8, 4) is 0 Å². The van der Waals surface area contributed by atoms with Gasteiger partial charge in [0.05, 0.1) is 25.0 Å². The first-order chi connectivity index (χ1) is 12.1. The molecule has 4 nitrogen and oxygen atoms in total. The lowest BCUT2D eigenvalue weighted by Crippen LogP contribution is -2.32. The number of nitrogens with one attached hydrogen (secondary N) is 1. The van der Waals surface area contributed by atoms with E-state index in [9.17, 15) is 9.18 Å². The maximum Gasteiger partial charge on any atom is 0.238 e. The molecule has 25 heavy (non-hydrogen) atoms. The van der Waals surface area contributed by atoms with Crippen molar-refractivity contribution in [3.05, 3.63) is 76.1 Å². The van der Waals surface area contributed by atoms with Gasteiger partial charge >= 0.3 is 0 Å². The van der Waals surface area contributed by atoms with Crippen molar-refractivity contribution in [1.29, 1.82) is 0 Å². The fraction of sp³-hybridized carbons (Fsp3) is 0.211. The molecule has 0 fully saturated rings. The second kappa shape index (κ2) is 8.09. The van der Waals surface area contributed by atoms with Crippen LogP contribution < -0.4 is 5.32 Å². The number of amides is 1. The molecule has 6 heteroatoms. The molecule has 2 aromatic heterocycles. The van der Waals surface area contributed by atoms with E-state index in [2.05, 4.69) is 24.4 Å². The monoisotopic (exact) mass is 358 g/mol. The highest BCUT2D eigenvalue weighted by molar-refractivity contribution is 7.11. The number of nitrogens with zero attached hydrogens (tertiary/aromatic N) is 1. The fourth-order valence-electron chi connectivity index (χ4n) is 2.54. The third-order valence-corrected chi connectivity index (χ3v) is 4.64. The van der Waals surface area contributed by atoms with Gasteiger partial charge in [-0.15, -0.1) is 11.3 Å². The van der Waals surface area contributed by atoms with E-state index in [-0.39, 0.29) is 18.1 Å². The molecule has 1 aromatic carbocycles. The van der Waals surface area contributed by atoms with E-state index in [1.807, 2.05) is 17.0 Å². The second-order valence-electron chi connectivity index (χ2n) is 5.76. The predicted octanol–water partition coefficient (Wildman–Crippen LogP) is 4.43.